The number of carbonyl (C=O) groups is 2. The zero-order valence-corrected chi connectivity index (χ0v) is 14.4. The van der Waals surface area contributed by atoms with Crippen LogP contribution in [0.4, 0.5) is 0 Å². The third kappa shape index (κ3) is 2.43. The van der Waals surface area contributed by atoms with Crippen LogP contribution in [-0.4, -0.2) is 48.8 Å². The van der Waals surface area contributed by atoms with E-state index in [4.69, 9.17) is 9.47 Å². The van der Waals surface area contributed by atoms with Gasteiger partial charge in [0.2, 0.25) is 5.91 Å². The summed E-state index contributed by atoms with van der Waals surface area (Å²) in [4.78, 5) is 27.0. The smallest absolute Gasteiger partial charge is 0.260 e. The van der Waals surface area contributed by atoms with E-state index in [-0.39, 0.29) is 23.2 Å². The topological polar surface area (TPSA) is 67.9 Å². The SMILES string of the molecule is COc1ccc2c(c1OC)C(=O)N1C(C(=O)NC(C)C)CSC21. The molecule has 1 N–H and O–H groups in total. The summed E-state index contributed by atoms with van der Waals surface area (Å²) in [5.74, 6) is 1.28. The number of fused-ring (bicyclic) bond motifs is 3. The van der Waals surface area contributed by atoms with Gasteiger partial charge in [-0.15, -0.1) is 11.8 Å². The molecule has 0 radical (unpaired) electrons. The Labute approximate surface area is 139 Å². The Hall–Kier alpha value is -1.89. The number of amides is 2. The molecule has 7 heteroatoms. The fourth-order valence-electron chi connectivity index (χ4n) is 3.07. The van der Waals surface area contributed by atoms with Gasteiger partial charge in [-0.1, -0.05) is 6.07 Å². The van der Waals surface area contributed by atoms with Gasteiger partial charge >= 0.3 is 0 Å². The number of hydrogen-bond donors (Lipinski definition) is 1. The van der Waals surface area contributed by atoms with Gasteiger partial charge in [-0.05, 0) is 19.9 Å². The first kappa shape index (κ1) is 16.0. The van der Waals surface area contributed by atoms with E-state index < -0.39 is 6.04 Å². The van der Waals surface area contributed by atoms with Crippen LogP contribution in [0.15, 0.2) is 12.1 Å². The van der Waals surface area contributed by atoms with Gasteiger partial charge in [0.05, 0.1) is 19.8 Å². The molecule has 1 saturated heterocycles. The standard InChI is InChI=1S/C16H20N2O4S/c1-8(2)17-14(19)10-7-23-16-9-5-6-11(21-3)13(22-4)12(9)15(20)18(10)16/h5-6,8,10,16H,7H2,1-4H3,(H,17,19). The molecular formula is C16H20N2O4S. The molecule has 2 amide bonds. The number of ether oxygens (including phenoxy) is 2. The van der Waals surface area contributed by atoms with Crippen molar-refractivity contribution in [1.29, 1.82) is 0 Å². The van der Waals surface area contributed by atoms with Gasteiger partial charge in [0, 0.05) is 17.4 Å². The second-order valence-electron chi connectivity index (χ2n) is 5.84. The van der Waals surface area contributed by atoms with Crippen LogP contribution in [0.5, 0.6) is 11.5 Å². The highest BCUT2D eigenvalue weighted by atomic mass is 32.2. The van der Waals surface area contributed by atoms with Gasteiger partial charge in [0.1, 0.15) is 11.4 Å². The highest BCUT2D eigenvalue weighted by molar-refractivity contribution is 7.99. The average Bonchev–Trinajstić information content (AvgIpc) is 3.06. The number of carbonyl (C=O) groups excluding carboxylic acids is 2. The molecule has 3 rings (SSSR count). The van der Waals surface area contributed by atoms with Crippen LogP contribution in [0, 0.1) is 0 Å². The minimum Gasteiger partial charge on any atom is -0.493 e. The van der Waals surface area contributed by atoms with E-state index in [1.165, 1.54) is 7.11 Å². The summed E-state index contributed by atoms with van der Waals surface area (Å²) < 4.78 is 10.7. The quantitative estimate of drug-likeness (QED) is 0.908. The third-order valence-electron chi connectivity index (χ3n) is 4.03. The Morgan fingerprint density at radius 1 is 1.35 bits per heavy atom. The molecule has 0 bridgehead atoms. The lowest BCUT2D eigenvalue weighted by molar-refractivity contribution is -0.125. The van der Waals surface area contributed by atoms with E-state index in [1.54, 1.807) is 29.8 Å². The van der Waals surface area contributed by atoms with Gasteiger partial charge in [0.15, 0.2) is 11.5 Å². The van der Waals surface area contributed by atoms with Gasteiger partial charge in [-0.25, -0.2) is 0 Å². The molecule has 1 aromatic rings. The molecule has 0 aromatic heterocycles. The zero-order valence-electron chi connectivity index (χ0n) is 13.6. The number of hydrogen-bond acceptors (Lipinski definition) is 5. The maximum absolute atomic E-state index is 12.9. The van der Waals surface area contributed by atoms with Crippen LogP contribution in [0.25, 0.3) is 0 Å². The first-order chi connectivity index (χ1) is 11.0. The van der Waals surface area contributed by atoms with Crippen molar-refractivity contribution in [3.05, 3.63) is 23.3 Å². The Morgan fingerprint density at radius 2 is 2.09 bits per heavy atom. The van der Waals surface area contributed by atoms with E-state index in [9.17, 15) is 9.59 Å². The molecule has 23 heavy (non-hydrogen) atoms. The van der Waals surface area contributed by atoms with E-state index in [2.05, 4.69) is 5.32 Å². The first-order valence-corrected chi connectivity index (χ1v) is 8.54. The second-order valence-corrected chi connectivity index (χ2v) is 6.96. The van der Waals surface area contributed by atoms with E-state index >= 15 is 0 Å². The molecule has 0 aliphatic carbocycles. The summed E-state index contributed by atoms with van der Waals surface area (Å²) in [6.07, 6.45) is 0. The van der Waals surface area contributed by atoms with E-state index in [1.807, 2.05) is 19.9 Å². The van der Waals surface area contributed by atoms with Crippen LogP contribution in [-0.2, 0) is 4.79 Å². The molecule has 0 spiro atoms. The molecule has 6 nitrogen and oxygen atoms in total. The number of nitrogens with zero attached hydrogens (tertiary/aromatic N) is 1. The van der Waals surface area contributed by atoms with Gasteiger partial charge in [0.25, 0.3) is 5.91 Å². The van der Waals surface area contributed by atoms with Gasteiger partial charge in [-0.2, -0.15) is 0 Å². The van der Waals surface area contributed by atoms with Gasteiger partial charge in [-0.3, -0.25) is 9.59 Å². The highest BCUT2D eigenvalue weighted by Gasteiger charge is 2.50. The van der Waals surface area contributed by atoms with Crippen molar-refractivity contribution < 1.29 is 19.1 Å². The molecule has 2 unspecified atom stereocenters. The Balaban J connectivity index is 1.98. The van der Waals surface area contributed by atoms with E-state index in [0.29, 0.717) is 22.8 Å². The summed E-state index contributed by atoms with van der Waals surface area (Å²) in [7, 11) is 3.06. The Bertz CT molecular complexity index is 662. The fraction of sp³-hybridized carbons (Fsp3) is 0.500. The van der Waals surface area contributed by atoms with Crippen LogP contribution < -0.4 is 14.8 Å². The second kappa shape index (κ2) is 5.96. The molecular weight excluding hydrogens is 316 g/mol. The molecule has 124 valence electrons. The lowest BCUT2D eigenvalue weighted by atomic mass is 10.1. The summed E-state index contributed by atoms with van der Waals surface area (Å²) in [6.45, 7) is 3.82. The Morgan fingerprint density at radius 3 is 2.70 bits per heavy atom. The molecule has 2 heterocycles. The third-order valence-corrected chi connectivity index (χ3v) is 5.33. The number of methoxy groups -OCH3 is 2. The minimum absolute atomic E-state index is 0.0428. The number of thioether (sulfide) groups is 1. The highest BCUT2D eigenvalue weighted by Crippen LogP contribution is 2.52. The summed E-state index contributed by atoms with van der Waals surface area (Å²) in [6, 6.07) is 3.27. The van der Waals surface area contributed by atoms with Crippen LogP contribution in [0.2, 0.25) is 0 Å². The van der Waals surface area contributed by atoms with Crippen LogP contribution in [0.1, 0.15) is 35.1 Å². The summed E-state index contributed by atoms with van der Waals surface area (Å²) >= 11 is 1.60. The first-order valence-electron chi connectivity index (χ1n) is 7.49. The predicted molar refractivity (Wildman–Crippen MR) is 88.0 cm³/mol. The van der Waals surface area contributed by atoms with Crippen molar-refractivity contribution >= 4 is 23.6 Å². The van der Waals surface area contributed by atoms with Crippen molar-refractivity contribution in [2.24, 2.45) is 0 Å². The van der Waals surface area contributed by atoms with Crippen LogP contribution in [0.3, 0.4) is 0 Å². The molecule has 2 atom stereocenters. The zero-order chi connectivity index (χ0) is 16.7. The van der Waals surface area contributed by atoms with Crippen molar-refractivity contribution in [3.8, 4) is 11.5 Å². The number of nitrogens with one attached hydrogen (secondary N) is 1. The van der Waals surface area contributed by atoms with Crippen molar-refractivity contribution in [3.63, 3.8) is 0 Å². The van der Waals surface area contributed by atoms with Crippen molar-refractivity contribution in [2.75, 3.05) is 20.0 Å². The molecule has 2 aliphatic rings. The lowest BCUT2D eigenvalue weighted by Gasteiger charge is -2.23. The monoisotopic (exact) mass is 336 g/mol. The van der Waals surface area contributed by atoms with Gasteiger partial charge < -0.3 is 19.7 Å². The number of rotatable bonds is 4. The molecule has 0 saturated carbocycles. The minimum atomic E-state index is -0.456. The largest absolute Gasteiger partial charge is 0.493 e. The number of benzene rings is 1. The average molecular weight is 336 g/mol. The molecule has 1 fully saturated rings. The maximum Gasteiger partial charge on any atom is 0.260 e. The normalized spacial score (nSPS) is 22.1. The summed E-state index contributed by atoms with van der Waals surface area (Å²) in [5, 5.41) is 2.76. The summed E-state index contributed by atoms with van der Waals surface area (Å²) in [5.41, 5.74) is 1.39. The maximum atomic E-state index is 12.9. The Kier molecular flexibility index (Phi) is 4.14. The lowest BCUT2D eigenvalue weighted by Crippen LogP contribution is -2.47. The fourth-order valence-corrected chi connectivity index (χ4v) is 4.53. The van der Waals surface area contributed by atoms with Crippen molar-refractivity contribution in [1.82, 2.24) is 10.2 Å². The van der Waals surface area contributed by atoms with Crippen molar-refractivity contribution in [2.45, 2.75) is 31.3 Å². The van der Waals surface area contributed by atoms with Crippen LogP contribution >= 0.6 is 11.8 Å². The molecule has 2 aliphatic heterocycles. The molecule has 1 aromatic carbocycles. The van der Waals surface area contributed by atoms with E-state index in [0.717, 1.165) is 5.56 Å². The predicted octanol–water partition coefficient (Wildman–Crippen LogP) is 1.80.